The van der Waals surface area contributed by atoms with Gasteiger partial charge in [-0.05, 0) is 32.4 Å². The van der Waals surface area contributed by atoms with Crippen molar-refractivity contribution in [2.75, 3.05) is 19.0 Å². The molecule has 6 nitrogen and oxygen atoms in total. The topological polar surface area (TPSA) is 83.2 Å². The van der Waals surface area contributed by atoms with Crippen molar-refractivity contribution in [1.82, 2.24) is 15.2 Å². The number of nitrogens with zero attached hydrogens (tertiary/aromatic N) is 4. The molecule has 2 heterocycles. The van der Waals surface area contributed by atoms with Gasteiger partial charge in [0.1, 0.15) is 5.82 Å². The van der Waals surface area contributed by atoms with E-state index in [-0.39, 0.29) is 0 Å². The second-order valence-electron chi connectivity index (χ2n) is 5.05. The number of pyridine rings is 1. The fourth-order valence-corrected chi connectivity index (χ4v) is 2.03. The summed E-state index contributed by atoms with van der Waals surface area (Å²) in [6.45, 7) is 5.76. The summed E-state index contributed by atoms with van der Waals surface area (Å²) in [6.07, 6.45) is 1.85. The van der Waals surface area contributed by atoms with E-state index in [1.807, 2.05) is 38.2 Å². The Hall–Kier alpha value is -2.37. The number of rotatable bonds is 3. The summed E-state index contributed by atoms with van der Waals surface area (Å²) >= 11 is 0. The van der Waals surface area contributed by atoms with Crippen molar-refractivity contribution in [3.63, 3.8) is 0 Å². The van der Waals surface area contributed by atoms with Gasteiger partial charge in [0.05, 0.1) is 11.4 Å². The maximum Gasteiger partial charge on any atom is 0.183 e. The van der Waals surface area contributed by atoms with Crippen LogP contribution in [0, 0.1) is 13.8 Å². The lowest BCUT2D eigenvalue weighted by molar-refractivity contribution is 1.04. The van der Waals surface area contributed by atoms with E-state index in [1.54, 1.807) is 6.92 Å². The first-order valence-electron chi connectivity index (χ1n) is 6.40. The molecule has 0 spiro atoms. The highest BCUT2D eigenvalue weighted by Gasteiger charge is 2.15. The average Bonchev–Trinajstić information content (AvgIpc) is 2.70. The molecule has 0 aliphatic heterocycles. The van der Waals surface area contributed by atoms with Crippen LogP contribution in [-0.4, -0.2) is 35.1 Å². The Balaban J connectivity index is 2.57. The minimum atomic E-state index is 0.480. The maximum atomic E-state index is 5.66. The normalized spacial score (nSPS) is 11.8. The third-order valence-corrected chi connectivity index (χ3v) is 3.03. The summed E-state index contributed by atoms with van der Waals surface area (Å²) in [5, 5.41) is 7.16. The third kappa shape index (κ3) is 2.64. The number of aryl methyl sites for hydroxylation is 2. The van der Waals surface area contributed by atoms with Crippen molar-refractivity contribution in [3.05, 3.63) is 23.5 Å². The molecular weight excluding hydrogens is 252 g/mol. The van der Waals surface area contributed by atoms with E-state index in [0.717, 1.165) is 28.2 Å². The van der Waals surface area contributed by atoms with E-state index in [2.05, 4.69) is 27.1 Å². The summed E-state index contributed by atoms with van der Waals surface area (Å²) in [4.78, 5) is 10.7. The smallest absolute Gasteiger partial charge is 0.183 e. The zero-order valence-corrected chi connectivity index (χ0v) is 12.5. The van der Waals surface area contributed by atoms with Crippen LogP contribution in [0.4, 0.5) is 11.6 Å². The average molecular weight is 272 g/mol. The van der Waals surface area contributed by atoms with Crippen molar-refractivity contribution in [2.45, 2.75) is 20.8 Å². The second-order valence-corrected chi connectivity index (χ2v) is 5.05. The van der Waals surface area contributed by atoms with Crippen LogP contribution in [0.15, 0.2) is 17.3 Å². The van der Waals surface area contributed by atoms with Gasteiger partial charge in [0.2, 0.25) is 0 Å². The molecule has 0 aliphatic rings. The summed E-state index contributed by atoms with van der Waals surface area (Å²) in [5.41, 5.74) is 9.70. The standard InChI is InChI=1S/C14H20N6/c1-8-6-12(20(4)5)16-7-11(8)13-9(2)18-19-14(13)17-10(3)15/h6-7H,1-5H3,(H3,15,17,18,19). The number of nitrogens with one attached hydrogen (secondary N) is 1. The van der Waals surface area contributed by atoms with Gasteiger partial charge >= 0.3 is 0 Å². The van der Waals surface area contributed by atoms with Gasteiger partial charge in [-0.15, -0.1) is 0 Å². The Kier molecular flexibility index (Phi) is 3.74. The van der Waals surface area contributed by atoms with Crippen LogP contribution in [0.2, 0.25) is 0 Å². The van der Waals surface area contributed by atoms with Gasteiger partial charge in [0.25, 0.3) is 0 Å². The lowest BCUT2D eigenvalue weighted by atomic mass is 10.0. The molecule has 0 radical (unpaired) electrons. The zero-order chi connectivity index (χ0) is 14.9. The third-order valence-electron chi connectivity index (χ3n) is 3.03. The van der Waals surface area contributed by atoms with Crippen LogP contribution < -0.4 is 10.6 Å². The molecular formula is C14H20N6. The van der Waals surface area contributed by atoms with E-state index < -0.39 is 0 Å². The fourth-order valence-electron chi connectivity index (χ4n) is 2.03. The molecule has 0 atom stereocenters. The number of anilines is 1. The summed E-state index contributed by atoms with van der Waals surface area (Å²) in [7, 11) is 3.94. The molecule has 0 fully saturated rings. The minimum absolute atomic E-state index is 0.480. The van der Waals surface area contributed by atoms with E-state index in [4.69, 9.17) is 5.73 Å². The summed E-state index contributed by atoms with van der Waals surface area (Å²) in [5.74, 6) is 2.01. The SMILES string of the molecule is CC(N)=Nc1n[nH]c(C)c1-c1cnc(N(C)C)cc1C. The summed E-state index contributed by atoms with van der Waals surface area (Å²) < 4.78 is 0. The van der Waals surface area contributed by atoms with Gasteiger partial charge in [-0.3, -0.25) is 5.10 Å². The second kappa shape index (κ2) is 5.32. The number of hydrogen-bond acceptors (Lipinski definition) is 4. The molecule has 106 valence electrons. The maximum absolute atomic E-state index is 5.66. The monoisotopic (exact) mass is 272 g/mol. The molecule has 2 aromatic rings. The molecule has 0 saturated carbocycles. The van der Waals surface area contributed by atoms with Crippen molar-refractivity contribution in [1.29, 1.82) is 0 Å². The number of hydrogen-bond donors (Lipinski definition) is 2. The Morgan fingerprint density at radius 1 is 1.35 bits per heavy atom. The molecule has 0 bridgehead atoms. The highest BCUT2D eigenvalue weighted by Crippen LogP contribution is 2.34. The van der Waals surface area contributed by atoms with Crippen LogP contribution in [0.1, 0.15) is 18.2 Å². The molecule has 0 aromatic carbocycles. The lowest BCUT2D eigenvalue weighted by Gasteiger charge is -2.13. The van der Waals surface area contributed by atoms with Crippen LogP contribution in [0.3, 0.4) is 0 Å². The van der Waals surface area contributed by atoms with Crippen LogP contribution in [0.25, 0.3) is 11.1 Å². The highest BCUT2D eigenvalue weighted by molar-refractivity contribution is 5.85. The van der Waals surface area contributed by atoms with Crippen molar-refractivity contribution in [3.8, 4) is 11.1 Å². The Morgan fingerprint density at radius 3 is 2.60 bits per heavy atom. The van der Waals surface area contributed by atoms with E-state index in [0.29, 0.717) is 11.7 Å². The number of nitrogens with two attached hydrogens (primary N) is 1. The van der Waals surface area contributed by atoms with Gasteiger partial charge in [0.15, 0.2) is 5.82 Å². The fraction of sp³-hybridized carbons (Fsp3) is 0.357. The molecule has 2 rings (SSSR count). The molecule has 6 heteroatoms. The molecule has 0 amide bonds. The molecule has 20 heavy (non-hydrogen) atoms. The quantitative estimate of drug-likeness (QED) is 0.662. The van der Waals surface area contributed by atoms with Gasteiger partial charge in [-0.2, -0.15) is 5.10 Å². The molecule has 0 unspecified atom stereocenters. The number of aromatic nitrogens is 3. The Morgan fingerprint density at radius 2 is 2.05 bits per heavy atom. The van der Waals surface area contributed by atoms with E-state index in [9.17, 15) is 0 Å². The molecule has 2 aromatic heterocycles. The van der Waals surface area contributed by atoms with Crippen LogP contribution >= 0.6 is 0 Å². The number of aromatic amines is 1. The van der Waals surface area contributed by atoms with Gasteiger partial charge in [-0.25, -0.2) is 9.98 Å². The number of H-pyrrole nitrogens is 1. The van der Waals surface area contributed by atoms with Gasteiger partial charge in [-0.1, -0.05) is 0 Å². The Labute approximate surface area is 118 Å². The number of aliphatic imine (C=N–C) groups is 1. The van der Waals surface area contributed by atoms with Crippen LogP contribution in [0.5, 0.6) is 0 Å². The largest absolute Gasteiger partial charge is 0.387 e. The Bertz CT molecular complexity index is 650. The lowest BCUT2D eigenvalue weighted by Crippen LogP contribution is -2.10. The van der Waals surface area contributed by atoms with Crippen LogP contribution in [-0.2, 0) is 0 Å². The minimum Gasteiger partial charge on any atom is -0.387 e. The predicted molar refractivity (Wildman–Crippen MR) is 82.6 cm³/mol. The van der Waals surface area contributed by atoms with Crippen molar-refractivity contribution in [2.24, 2.45) is 10.7 Å². The first kappa shape index (κ1) is 14.0. The van der Waals surface area contributed by atoms with Gasteiger partial charge < -0.3 is 10.6 Å². The first-order chi connectivity index (χ1) is 9.40. The molecule has 0 aliphatic carbocycles. The van der Waals surface area contributed by atoms with Crippen molar-refractivity contribution < 1.29 is 0 Å². The highest BCUT2D eigenvalue weighted by atomic mass is 15.2. The summed E-state index contributed by atoms with van der Waals surface area (Å²) in [6, 6.07) is 2.05. The zero-order valence-electron chi connectivity index (χ0n) is 12.5. The molecule has 3 N–H and O–H groups in total. The van der Waals surface area contributed by atoms with Crippen molar-refractivity contribution >= 4 is 17.5 Å². The molecule has 0 saturated heterocycles. The van der Waals surface area contributed by atoms with E-state index in [1.165, 1.54) is 0 Å². The number of amidine groups is 1. The predicted octanol–water partition coefficient (Wildman–Crippen LogP) is 2.16. The van der Waals surface area contributed by atoms with E-state index >= 15 is 0 Å². The first-order valence-corrected chi connectivity index (χ1v) is 6.40. The van der Waals surface area contributed by atoms with Gasteiger partial charge in [0, 0.05) is 31.5 Å².